The molecule has 13 heteroatoms. The Morgan fingerprint density at radius 2 is 1.14 bits per heavy atom. The number of anilines is 6. The molecule has 5 aromatic rings. The smallest absolute Gasteiger partial charge is 0.235 e. The highest BCUT2D eigenvalue weighted by Gasteiger charge is 2.12. The maximum absolute atomic E-state index is 13.6. The Hall–Kier alpha value is -3.57. The molecule has 5 rings (SSSR count). The summed E-state index contributed by atoms with van der Waals surface area (Å²) in [6.07, 6.45) is 0. The van der Waals surface area contributed by atoms with E-state index in [2.05, 4.69) is 35.9 Å². The third-order valence-electron chi connectivity index (χ3n) is 4.85. The predicted molar refractivity (Wildman–Crippen MR) is 145 cm³/mol. The van der Waals surface area contributed by atoms with Gasteiger partial charge in [-0.05, 0) is 48.5 Å². The molecule has 3 N–H and O–H groups in total. The number of rotatable bonds is 7. The highest BCUT2D eigenvalue weighted by Crippen LogP contribution is 2.29. The summed E-state index contributed by atoms with van der Waals surface area (Å²) in [4.78, 5) is 17.7. The van der Waals surface area contributed by atoms with Crippen LogP contribution in [0.4, 0.5) is 43.1 Å². The van der Waals surface area contributed by atoms with Crippen LogP contribution in [0.5, 0.6) is 0 Å². The molecule has 7 nitrogen and oxygen atoms in total. The number of thiazole rings is 1. The lowest BCUT2D eigenvalue weighted by molar-refractivity contribution is 0.628. The third-order valence-corrected chi connectivity index (χ3v) is 6.44. The zero-order valence-electron chi connectivity index (χ0n) is 18.4. The SMILES string of the molecule is Fc1ccc(Nc2nc(Nc3ccc(F)c(Cl)c3)nc(Nc3nc(-c4ccc(Cl)cc4)cs3)n2)cc1Cl. The van der Waals surface area contributed by atoms with Crippen LogP contribution >= 0.6 is 46.1 Å². The van der Waals surface area contributed by atoms with E-state index in [9.17, 15) is 8.78 Å². The van der Waals surface area contributed by atoms with Gasteiger partial charge in [0.1, 0.15) is 11.6 Å². The lowest BCUT2D eigenvalue weighted by atomic mass is 10.2. The summed E-state index contributed by atoms with van der Waals surface area (Å²) < 4.78 is 27.2. The lowest BCUT2D eigenvalue weighted by Crippen LogP contribution is -2.07. The first-order chi connectivity index (χ1) is 17.8. The second-order valence-corrected chi connectivity index (χ2v) is 9.59. The zero-order chi connectivity index (χ0) is 25.9. The average molecular weight is 577 g/mol. The summed E-state index contributed by atoms with van der Waals surface area (Å²) in [6, 6.07) is 15.5. The van der Waals surface area contributed by atoms with Gasteiger partial charge in [-0.15, -0.1) is 11.3 Å². The molecule has 2 heterocycles. The van der Waals surface area contributed by atoms with E-state index in [1.165, 1.54) is 47.7 Å². The molecule has 0 amide bonds. The minimum absolute atomic E-state index is 0.0609. The van der Waals surface area contributed by atoms with Gasteiger partial charge in [0.05, 0.1) is 15.7 Å². The molecule has 3 aromatic carbocycles. The van der Waals surface area contributed by atoms with E-state index < -0.39 is 11.6 Å². The van der Waals surface area contributed by atoms with Crippen molar-refractivity contribution in [3.8, 4) is 11.3 Å². The summed E-state index contributed by atoms with van der Waals surface area (Å²) in [6.45, 7) is 0. The van der Waals surface area contributed by atoms with Gasteiger partial charge < -0.3 is 10.6 Å². The minimum atomic E-state index is -0.555. The van der Waals surface area contributed by atoms with E-state index in [1.54, 1.807) is 12.1 Å². The van der Waals surface area contributed by atoms with Crippen LogP contribution in [-0.2, 0) is 0 Å². The molecular weight excluding hydrogens is 563 g/mol. The van der Waals surface area contributed by atoms with E-state index >= 15 is 0 Å². The fourth-order valence-corrected chi connectivity index (χ4v) is 4.33. The molecule has 0 atom stereocenters. The zero-order valence-corrected chi connectivity index (χ0v) is 21.5. The van der Waals surface area contributed by atoms with Crippen molar-refractivity contribution in [2.75, 3.05) is 16.0 Å². The maximum atomic E-state index is 13.6. The molecule has 0 saturated carbocycles. The van der Waals surface area contributed by atoms with Gasteiger partial charge in [0.15, 0.2) is 5.13 Å². The Bertz CT molecular complexity index is 1510. The summed E-state index contributed by atoms with van der Waals surface area (Å²) in [5.41, 5.74) is 2.56. The van der Waals surface area contributed by atoms with Crippen molar-refractivity contribution in [1.82, 2.24) is 19.9 Å². The van der Waals surface area contributed by atoms with Crippen LogP contribution in [0, 0.1) is 11.6 Å². The van der Waals surface area contributed by atoms with Gasteiger partial charge in [0.25, 0.3) is 0 Å². The van der Waals surface area contributed by atoms with Crippen LogP contribution in [0.2, 0.25) is 15.1 Å². The normalized spacial score (nSPS) is 10.8. The molecule has 0 aliphatic carbocycles. The quantitative estimate of drug-likeness (QED) is 0.179. The van der Waals surface area contributed by atoms with Gasteiger partial charge in [-0.2, -0.15) is 15.0 Å². The van der Waals surface area contributed by atoms with Crippen molar-refractivity contribution in [3.05, 3.63) is 92.7 Å². The van der Waals surface area contributed by atoms with Crippen LogP contribution in [-0.4, -0.2) is 19.9 Å². The molecule has 0 aliphatic rings. The van der Waals surface area contributed by atoms with E-state index in [0.29, 0.717) is 21.5 Å². The van der Waals surface area contributed by atoms with E-state index in [1.807, 2.05) is 17.5 Å². The topological polar surface area (TPSA) is 87.7 Å². The van der Waals surface area contributed by atoms with Gasteiger partial charge in [-0.3, -0.25) is 5.32 Å². The Kier molecular flexibility index (Phi) is 7.33. The van der Waals surface area contributed by atoms with Gasteiger partial charge in [-0.25, -0.2) is 13.8 Å². The molecule has 0 fully saturated rings. The Labute approximate surface area is 228 Å². The second-order valence-electron chi connectivity index (χ2n) is 7.48. The van der Waals surface area contributed by atoms with Crippen molar-refractivity contribution >= 4 is 80.5 Å². The monoisotopic (exact) mass is 575 g/mol. The van der Waals surface area contributed by atoms with Gasteiger partial charge in [0.2, 0.25) is 17.8 Å². The molecular formula is C24H14Cl3F2N7S. The van der Waals surface area contributed by atoms with Crippen molar-refractivity contribution in [3.63, 3.8) is 0 Å². The van der Waals surface area contributed by atoms with Crippen molar-refractivity contribution < 1.29 is 8.78 Å². The average Bonchev–Trinajstić information content (AvgIpc) is 3.32. The van der Waals surface area contributed by atoms with Crippen molar-refractivity contribution in [2.24, 2.45) is 0 Å². The second kappa shape index (κ2) is 10.8. The van der Waals surface area contributed by atoms with Crippen LogP contribution in [0.15, 0.2) is 66.0 Å². The summed E-state index contributed by atoms with van der Waals surface area (Å²) in [7, 11) is 0. The molecule has 37 heavy (non-hydrogen) atoms. The molecule has 0 saturated heterocycles. The fraction of sp³-hybridized carbons (Fsp3) is 0. The van der Waals surface area contributed by atoms with Gasteiger partial charge >= 0.3 is 0 Å². The summed E-state index contributed by atoms with van der Waals surface area (Å²) in [5, 5.41) is 11.9. The largest absolute Gasteiger partial charge is 0.324 e. The van der Waals surface area contributed by atoms with Crippen LogP contribution < -0.4 is 16.0 Å². The van der Waals surface area contributed by atoms with Crippen LogP contribution in [0.1, 0.15) is 0 Å². The first kappa shape index (κ1) is 25.1. The number of aromatic nitrogens is 4. The molecule has 0 radical (unpaired) electrons. The number of hydrogen-bond donors (Lipinski definition) is 3. The molecule has 0 spiro atoms. The minimum Gasteiger partial charge on any atom is -0.324 e. The molecule has 0 unspecified atom stereocenters. The van der Waals surface area contributed by atoms with Crippen LogP contribution in [0.3, 0.4) is 0 Å². The molecule has 0 aliphatic heterocycles. The van der Waals surface area contributed by atoms with E-state index in [4.69, 9.17) is 34.8 Å². The lowest BCUT2D eigenvalue weighted by Gasteiger charge is -2.11. The van der Waals surface area contributed by atoms with Gasteiger partial charge in [-0.1, -0.05) is 46.9 Å². The number of hydrogen-bond acceptors (Lipinski definition) is 8. The molecule has 0 bridgehead atoms. The fourth-order valence-electron chi connectivity index (χ4n) is 3.13. The van der Waals surface area contributed by atoms with Crippen molar-refractivity contribution in [2.45, 2.75) is 0 Å². The first-order valence-corrected chi connectivity index (χ1v) is 12.5. The molecule has 2 aromatic heterocycles. The summed E-state index contributed by atoms with van der Waals surface area (Å²) >= 11 is 19.1. The van der Waals surface area contributed by atoms with Crippen molar-refractivity contribution in [1.29, 1.82) is 0 Å². The number of nitrogens with one attached hydrogen (secondary N) is 3. The number of nitrogens with zero attached hydrogens (tertiary/aromatic N) is 4. The Balaban J connectivity index is 1.45. The van der Waals surface area contributed by atoms with E-state index in [0.717, 1.165) is 11.3 Å². The summed E-state index contributed by atoms with van der Waals surface area (Å²) in [5.74, 6) is -0.684. The Morgan fingerprint density at radius 1 is 0.622 bits per heavy atom. The third kappa shape index (κ3) is 6.23. The first-order valence-electron chi connectivity index (χ1n) is 10.5. The van der Waals surface area contributed by atoms with Gasteiger partial charge in [0, 0.05) is 27.3 Å². The maximum Gasteiger partial charge on any atom is 0.235 e. The van der Waals surface area contributed by atoms with E-state index in [-0.39, 0.29) is 27.9 Å². The predicted octanol–water partition coefficient (Wildman–Crippen LogP) is 8.46. The standard InChI is InChI=1S/C24H14Cl3F2N7S/c25-13-3-1-12(2-4-13)20-11-37-24(32-20)36-23-34-21(30-14-5-7-18(28)16(26)9-14)33-22(35-23)31-15-6-8-19(29)17(27)10-15/h1-11H,(H3,30,31,32,33,34,35,36). The molecule has 186 valence electrons. The number of benzene rings is 3. The number of halogens is 5. The highest BCUT2D eigenvalue weighted by molar-refractivity contribution is 7.14. The van der Waals surface area contributed by atoms with Crippen LogP contribution in [0.25, 0.3) is 11.3 Å². The highest BCUT2D eigenvalue weighted by atomic mass is 35.5. The Morgan fingerprint density at radius 3 is 1.65 bits per heavy atom.